The average molecular weight is 283 g/mol. The Hall–Kier alpha value is -0.650. The summed E-state index contributed by atoms with van der Waals surface area (Å²) in [6.07, 6.45) is 2.02. The highest BCUT2D eigenvalue weighted by Crippen LogP contribution is 2.28. The van der Waals surface area contributed by atoms with Gasteiger partial charge in [-0.05, 0) is 40.5 Å². The van der Waals surface area contributed by atoms with Crippen molar-refractivity contribution in [3.63, 3.8) is 0 Å². The minimum absolute atomic E-state index is 0.0525. The minimum Gasteiger partial charge on any atom is -0.379 e. The summed E-state index contributed by atoms with van der Waals surface area (Å²) in [5.74, 6) is 0.0525. The van der Waals surface area contributed by atoms with Crippen molar-refractivity contribution in [1.82, 2.24) is 10.2 Å². The fourth-order valence-corrected chi connectivity index (χ4v) is 2.97. The van der Waals surface area contributed by atoms with Crippen LogP contribution < -0.4 is 11.1 Å². The first-order chi connectivity index (χ1) is 9.23. The van der Waals surface area contributed by atoms with Gasteiger partial charge in [0.1, 0.15) is 0 Å². The number of hydrogen-bond acceptors (Lipinski definition) is 4. The van der Waals surface area contributed by atoms with Crippen molar-refractivity contribution in [2.45, 2.75) is 58.2 Å². The van der Waals surface area contributed by atoms with Crippen LogP contribution in [-0.4, -0.2) is 54.7 Å². The fourth-order valence-electron chi connectivity index (χ4n) is 2.97. The zero-order valence-corrected chi connectivity index (χ0v) is 13.2. The third kappa shape index (κ3) is 3.15. The highest BCUT2D eigenvalue weighted by molar-refractivity contribution is 5.83. The number of hydrogen-bond donors (Lipinski definition) is 2. The number of amides is 1. The maximum Gasteiger partial charge on any atom is 0.230 e. The molecule has 0 aliphatic carbocycles. The van der Waals surface area contributed by atoms with Gasteiger partial charge in [-0.1, -0.05) is 0 Å². The van der Waals surface area contributed by atoms with Crippen LogP contribution in [0.4, 0.5) is 0 Å². The van der Waals surface area contributed by atoms with E-state index in [1.807, 2.05) is 6.92 Å². The molecule has 0 bridgehead atoms. The van der Waals surface area contributed by atoms with Gasteiger partial charge < -0.3 is 15.8 Å². The van der Waals surface area contributed by atoms with Gasteiger partial charge in [-0.15, -0.1) is 0 Å². The molecular weight excluding hydrogens is 254 g/mol. The molecule has 2 heterocycles. The molecule has 2 aliphatic rings. The van der Waals surface area contributed by atoms with Crippen LogP contribution in [0.5, 0.6) is 0 Å². The minimum atomic E-state index is -0.568. The molecular formula is C15H29N3O2. The van der Waals surface area contributed by atoms with Crippen molar-refractivity contribution in [3.05, 3.63) is 0 Å². The molecule has 0 spiro atoms. The Morgan fingerprint density at radius 3 is 2.40 bits per heavy atom. The Morgan fingerprint density at radius 1 is 1.35 bits per heavy atom. The molecule has 5 nitrogen and oxygen atoms in total. The van der Waals surface area contributed by atoms with Gasteiger partial charge >= 0.3 is 0 Å². The number of carbonyl (C=O) groups is 1. The number of nitrogens with two attached hydrogens (primary N) is 1. The van der Waals surface area contributed by atoms with Gasteiger partial charge in [0.25, 0.3) is 0 Å². The van der Waals surface area contributed by atoms with E-state index < -0.39 is 5.41 Å². The summed E-state index contributed by atoms with van der Waals surface area (Å²) in [5, 5.41) is 3.18. The average Bonchev–Trinajstić information content (AvgIpc) is 2.70. The molecule has 2 atom stereocenters. The zero-order chi connectivity index (χ0) is 15.0. The number of ether oxygens (including phenoxy) is 1. The van der Waals surface area contributed by atoms with Gasteiger partial charge in [0.2, 0.25) is 5.91 Å². The largest absolute Gasteiger partial charge is 0.379 e. The summed E-state index contributed by atoms with van der Waals surface area (Å²) < 4.78 is 5.35. The smallest absolute Gasteiger partial charge is 0.230 e. The second kappa shape index (κ2) is 5.62. The second-order valence-corrected chi connectivity index (χ2v) is 7.44. The first-order valence-electron chi connectivity index (χ1n) is 7.63. The predicted octanol–water partition coefficient (Wildman–Crippen LogP) is 0.729. The van der Waals surface area contributed by atoms with Crippen LogP contribution >= 0.6 is 0 Å². The summed E-state index contributed by atoms with van der Waals surface area (Å²) in [6, 6.07) is 0.0721. The van der Waals surface area contributed by atoms with E-state index in [-0.39, 0.29) is 23.5 Å². The van der Waals surface area contributed by atoms with E-state index in [9.17, 15) is 4.79 Å². The van der Waals surface area contributed by atoms with Crippen LogP contribution in [0, 0.1) is 5.41 Å². The van der Waals surface area contributed by atoms with E-state index in [0.717, 1.165) is 25.9 Å². The molecule has 0 radical (unpaired) electrons. The monoisotopic (exact) mass is 283 g/mol. The van der Waals surface area contributed by atoms with E-state index >= 15 is 0 Å². The topological polar surface area (TPSA) is 67.6 Å². The molecule has 0 aromatic carbocycles. The molecule has 3 N–H and O–H groups in total. The van der Waals surface area contributed by atoms with E-state index in [1.165, 1.54) is 0 Å². The molecule has 2 fully saturated rings. The van der Waals surface area contributed by atoms with Crippen LogP contribution in [0.15, 0.2) is 0 Å². The van der Waals surface area contributed by atoms with Crippen LogP contribution in [0.1, 0.15) is 40.5 Å². The lowest BCUT2D eigenvalue weighted by molar-refractivity contribution is -0.131. The summed E-state index contributed by atoms with van der Waals surface area (Å²) in [7, 11) is 0. The van der Waals surface area contributed by atoms with Gasteiger partial charge in [-0.2, -0.15) is 0 Å². The van der Waals surface area contributed by atoms with Crippen LogP contribution in [0.2, 0.25) is 0 Å². The Morgan fingerprint density at radius 2 is 1.95 bits per heavy atom. The van der Waals surface area contributed by atoms with Gasteiger partial charge in [0.15, 0.2) is 0 Å². The van der Waals surface area contributed by atoms with Crippen molar-refractivity contribution in [3.8, 4) is 0 Å². The van der Waals surface area contributed by atoms with Crippen molar-refractivity contribution in [2.24, 2.45) is 11.1 Å². The summed E-state index contributed by atoms with van der Waals surface area (Å²) in [4.78, 5) is 14.9. The second-order valence-electron chi connectivity index (χ2n) is 7.44. The lowest BCUT2D eigenvalue weighted by Crippen LogP contribution is -2.55. The van der Waals surface area contributed by atoms with E-state index in [0.29, 0.717) is 13.2 Å². The van der Waals surface area contributed by atoms with Crippen molar-refractivity contribution >= 4 is 5.91 Å². The molecule has 5 heteroatoms. The number of nitrogens with zero attached hydrogens (tertiary/aromatic N) is 1. The van der Waals surface area contributed by atoms with Gasteiger partial charge in [-0.25, -0.2) is 0 Å². The van der Waals surface area contributed by atoms with E-state index in [2.05, 4.69) is 31.0 Å². The summed E-state index contributed by atoms with van der Waals surface area (Å²) in [6.45, 7) is 11.6. The molecule has 2 unspecified atom stereocenters. The summed E-state index contributed by atoms with van der Waals surface area (Å²) >= 11 is 0. The predicted molar refractivity (Wildman–Crippen MR) is 79.4 cm³/mol. The number of nitrogens with one attached hydrogen (secondary N) is 1. The van der Waals surface area contributed by atoms with Crippen molar-refractivity contribution < 1.29 is 9.53 Å². The Bertz CT molecular complexity index is 359. The Balaban J connectivity index is 1.85. The van der Waals surface area contributed by atoms with E-state index in [4.69, 9.17) is 10.5 Å². The molecule has 2 aliphatic heterocycles. The lowest BCUT2D eigenvalue weighted by Gasteiger charge is -2.41. The lowest BCUT2D eigenvalue weighted by atomic mass is 9.84. The number of likely N-dealkylation sites (tertiary alicyclic amines) is 1. The maximum absolute atomic E-state index is 12.4. The molecule has 20 heavy (non-hydrogen) atoms. The molecule has 116 valence electrons. The zero-order valence-electron chi connectivity index (χ0n) is 13.2. The fraction of sp³-hybridized carbons (Fsp3) is 0.933. The standard InChI is InChI=1S/C15H29N3O2/c1-14(2,3)18-7-5-11(6-8-18)17-13(19)15(4)10-20-9-12(15)16/h11-12H,5-10,16H2,1-4H3,(H,17,19). The first kappa shape index (κ1) is 15.7. The highest BCUT2D eigenvalue weighted by Gasteiger charge is 2.45. The Kier molecular flexibility index (Phi) is 4.42. The normalized spacial score (nSPS) is 33.4. The van der Waals surface area contributed by atoms with Crippen molar-refractivity contribution in [2.75, 3.05) is 26.3 Å². The molecule has 2 saturated heterocycles. The Labute approximate surface area is 122 Å². The SMILES string of the molecule is CC1(C(=O)NC2CCN(C(C)(C)C)CC2)COCC1N. The highest BCUT2D eigenvalue weighted by atomic mass is 16.5. The molecule has 1 amide bonds. The van der Waals surface area contributed by atoms with E-state index in [1.54, 1.807) is 0 Å². The quantitative estimate of drug-likeness (QED) is 0.784. The maximum atomic E-state index is 12.4. The van der Waals surface area contributed by atoms with Gasteiger partial charge in [-0.3, -0.25) is 9.69 Å². The third-order valence-electron chi connectivity index (χ3n) is 4.82. The number of carbonyl (C=O) groups excluding carboxylic acids is 1. The molecule has 2 rings (SSSR count). The van der Waals surface area contributed by atoms with Crippen LogP contribution in [0.25, 0.3) is 0 Å². The third-order valence-corrected chi connectivity index (χ3v) is 4.82. The number of rotatable bonds is 2. The van der Waals surface area contributed by atoms with Gasteiger partial charge in [0, 0.05) is 30.7 Å². The van der Waals surface area contributed by atoms with Crippen molar-refractivity contribution in [1.29, 1.82) is 0 Å². The van der Waals surface area contributed by atoms with Crippen LogP contribution in [0.3, 0.4) is 0 Å². The first-order valence-corrected chi connectivity index (χ1v) is 7.63. The van der Waals surface area contributed by atoms with Crippen LogP contribution in [-0.2, 0) is 9.53 Å². The molecule has 0 aromatic rings. The summed E-state index contributed by atoms with van der Waals surface area (Å²) in [5.41, 5.74) is 5.65. The molecule has 0 saturated carbocycles. The number of piperidine rings is 1. The molecule has 0 aromatic heterocycles. The van der Waals surface area contributed by atoms with Gasteiger partial charge in [0.05, 0.1) is 18.6 Å².